The Morgan fingerprint density at radius 2 is 1.83 bits per heavy atom. The number of hydrogen-bond acceptors (Lipinski definition) is 7. The number of carbonyl (C=O) groups is 2. The number of fused-ring (bicyclic) bond motifs is 2. The van der Waals surface area contributed by atoms with Gasteiger partial charge in [0.2, 0.25) is 5.78 Å². The summed E-state index contributed by atoms with van der Waals surface area (Å²) in [5.41, 5.74) is 0.948. The summed E-state index contributed by atoms with van der Waals surface area (Å²) >= 11 is 0. The number of hydrogen-bond donors (Lipinski definition) is 0. The van der Waals surface area contributed by atoms with Crippen molar-refractivity contribution in [1.82, 2.24) is 4.98 Å². The SMILES string of the molecule is COc1ccc2oc(=O)c(C(=O)COC(=O)c3cc(C)nc4ccccc34)cc2c1. The van der Waals surface area contributed by atoms with Crippen LogP contribution in [0.25, 0.3) is 21.9 Å². The molecule has 0 bridgehead atoms. The van der Waals surface area contributed by atoms with Crippen LogP contribution in [0, 0.1) is 6.92 Å². The molecule has 0 unspecified atom stereocenters. The first kappa shape index (κ1) is 19.3. The maximum atomic E-state index is 12.6. The van der Waals surface area contributed by atoms with Gasteiger partial charge in [0.15, 0.2) is 6.61 Å². The molecule has 2 aromatic heterocycles. The van der Waals surface area contributed by atoms with Crippen LogP contribution in [0.2, 0.25) is 0 Å². The number of benzene rings is 2. The van der Waals surface area contributed by atoms with E-state index < -0.39 is 24.0 Å². The third-order valence-electron chi connectivity index (χ3n) is 4.64. The molecule has 7 nitrogen and oxygen atoms in total. The molecule has 4 aromatic rings. The summed E-state index contributed by atoms with van der Waals surface area (Å²) in [5, 5.41) is 1.15. The van der Waals surface area contributed by atoms with Gasteiger partial charge in [-0.05, 0) is 43.3 Å². The van der Waals surface area contributed by atoms with Crippen LogP contribution in [0.5, 0.6) is 5.75 Å². The molecule has 0 fully saturated rings. The van der Waals surface area contributed by atoms with Crippen LogP contribution < -0.4 is 10.4 Å². The highest BCUT2D eigenvalue weighted by molar-refractivity contribution is 6.05. The second kappa shape index (κ2) is 7.79. The van der Waals surface area contributed by atoms with Gasteiger partial charge in [0.1, 0.15) is 16.9 Å². The maximum Gasteiger partial charge on any atom is 0.347 e. The molecule has 0 atom stereocenters. The van der Waals surface area contributed by atoms with E-state index in [0.717, 1.165) is 0 Å². The van der Waals surface area contributed by atoms with Crippen LogP contribution in [0.3, 0.4) is 0 Å². The lowest BCUT2D eigenvalue weighted by Crippen LogP contribution is -2.20. The molecule has 0 aliphatic rings. The van der Waals surface area contributed by atoms with E-state index in [1.165, 1.54) is 13.2 Å². The van der Waals surface area contributed by atoms with Gasteiger partial charge in [-0.15, -0.1) is 0 Å². The zero-order chi connectivity index (χ0) is 21.3. The normalized spacial score (nSPS) is 10.9. The van der Waals surface area contributed by atoms with Gasteiger partial charge >= 0.3 is 11.6 Å². The Morgan fingerprint density at radius 1 is 1.03 bits per heavy atom. The van der Waals surface area contributed by atoms with E-state index in [1.807, 2.05) is 6.07 Å². The van der Waals surface area contributed by atoms with Gasteiger partial charge in [-0.1, -0.05) is 18.2 Å². The first-order valence-electron chi connectivity index (χ1n) is 9.15. The number of carbonyl (C=O) groups excluding carboxylic acids is 2. The molecule has 0 radical (unpaired) electrons. The molecule has 4 rings (SSSR count). The highest BCUT2D eigenvalue weighted by Crippen LogP contribution is 2.21. The molecule has 0 spiro atoms. The fourth-order valence-electron chi connectivity index (χ4n) is 3.19. The summed E-state index contributed by atoms with van der Waals surface area (Å²) in [6.07, 6.45) is 0. The highest BCUT2D eigenvalue weighted by Gasteiger charge is 2.19. The van der Waals surface area contributed by atoms with E-state index in [4.69, 9.17) is 13.9 Å². The summed E-state index contributed by atoms with van der Waals surface area (Å²) in [5.74, 6) is -0.769. The number of methoxy groups -OCH3 is 1. The van der Waals surface area contributed by atoms with Crippen LogP contribution in [0.1, 0.15) is 26.4 Å². The number of Topliss-reactive ketones (excluding diaryl/α,β-unsaturated/α-hetero) is 1. The van der Waals surface area contributed by atoms with Crippen LogP contribution in [-0.2, 0) is 4.74 Å². The van der Waals surface area contributed by atoms with Crippen molar-refractivity contribution < 1.29 is 23.5 Å². The lowest BCUT2D eigenvalue weighted by Gasteiger charge is -2.08. The third kappa shape index (κ3) is 3.65. The fraction of sp³-hybridized carbons (Fsp3) is 0.130. The third-order valence-corrected chi connectivity index (χ3v) is 4.64. The van der Waals surface area contributed by atoms with Crippen molar-refractivity contribution in [3.8, 4) is 5.75 Å². The smallest absolute Gasteiger partial charge is 0.347 e. The van der Waals surface area contributed by atoms with Gasteiger partial charge in [0.05, 0.1) is 18.2 Å². The molecule has 0 aliphatic carbocycles. The average molecular weight is 403 g/mol. The van der Waals surface area contributed by atoms with Gasteiger partial charge in [-0.2, -0.15) is 0 Å². The summed E-state index contributed by atoms with van der Waals surface area (Å²) in [6, 6.07) is 15.0. The molecule has 0 N–H and O–H groups in total. The second-order valence-corrected chi connectivity index (χ2v) is 6.68. The molecule has 0 saturated carbocycles. The minimum absolute atomic E-state index is 0.195. The van der Waals surface area contributed by atoms with Crippen molar-refractivity contribution in [2.75, 3.05) is 13.7 Å². The Balaban J connectivity index is 1.59. The first-order chi connectivity index (χ1) is 14.5. The Hall–Kier alpha value is -4.00. The first-order valence-corrected chi connectivity index (χ1v) is 9.15. The number of para-hydroxylation sites is 1. The summed E-state index contributed by atoms with van der Waals surface area (Å²) in [6.45, 7) is 1.18. The van der Waals surface area contributed by atoms with E-state index in [2.05, 4.69) is 4.98 Å². The number of rotatable bonds is 5. The Morgan fingerprint density at radius 3 is 2.63 bits per heavy atom. The molecule has 0 amide bonds. The zero-order valence-electron chi connectivity index (χ0n) is 16.3. The van der Waals surface area contributed by atoms with E-state index >= 15 is 0 Å². The second-order valence-electron chi connectivity index (χ2n) is 6.68. The van der Waals surface area contributed by atoms with Gasteiger partial charge in [0.25, 0.3) is 0 Å². The number of ether oxygens (including phenoxy) is 2. The van der Waals surface area contributed by atoms with Crippen molar-refractivity contribution in [1.29, 1.82) is 0 Å². The Labute approximate surface area is 170 Å². The van der Waals surface area contributed by atoms with E-state index in [1.54, 1.807) is 49.4 Å². The standard InChI is InChI=1S/C23H17NO6/c1-13-9-17(16-5-3-4-6-19(16)24-13)22(26)29-12-20(25)18-11-14-10-15(28-2)7-8-21(14)30-23(18)27/h3-11H,12H2,1-2H3. The number of nitrogens with zero attached hydrogens (tertiary/aromatic N) is 1. The molecule has 0 aliphatic heterocycles. The van der Waals surface area contributed by atoms with E-state index in [-0.39, 0.29) is 5.56 Å². The largest absolute Gasteiger partial charge is 0.497 e. The predicted molar refractivity (Wildman–Crippen MR) is 110 cm³/mol. The van der Waals surface area contributed by atoms with E-state index in [0.29, 0.717) is 38.9 Å². The van der Waals surface area contributed by atoms with Crippen LogP contribution >= 0.6 is 0 Å². The van der Waals surface area contributed by atoms with Gasteiger partial charge in [-0.3, -0.25) is 9.78 Å². The van der Waals surface area contributed by atoms with Crippen LogP contribution in [0.15, 0.2) is 63.8 Å². The minimum Gasteiger partial charge on any atom is -0.497 e. The lowest BCUT2D eigenvalue weighted by molar-refractivity contribution is 0.0475. The molecule has 7 heteroatoms. The summed E-state index contributed by atoms with van der Waals surface area (Å²) < 4.78 is 15.5. The predicted octanol–water partition coefficient (Wildman–Crippen LogP) is 3.70. The van der Waals surface area contributed by atoms with Gasteiger partial charge < -0.3 is 13.9 Å². The molecule has 2 aromatic carbocycles. The summed E-state index contributed by atoms with van der Waals surface area (Å²) in [4.78, 5) is 41.7. The molecular formula is C23H17NO6. The Bertz CT molecular complexity index is 1360. The van der Waals surface area contributed by atoms with Crippen molar-refractivity contribution in [2.24, 2.45) is 0 Å². The topological polar surface area (TPSA) is 95.7 Å². The summed E-state index contributed by atoms with van der Waals surface area (Å²) in [7, 11) is 1.51. The minimum atomic E-state index is -0.793. The van der Waals surface area contributed by atoms with Crippen molar-refractivity contribution in [3.63, 3.8) is 0 Å². The van der Waals surface area contributed by atoms with Crippen LogP contribution in [0.4, 0.5) is 0 Å². The van der Waals surface area contributed by atoms with Crippen molar-refractivity contribution in [3.05, 3.63) is 81.8 Å². The maximum absolute atomic E-state index is 12.6. The Kier molecular flexibility index (Phi) is 5.02. The number of aryl methyl sites for hydroxylation is 1. The number of esters is 1. The number of aromatic nitrogens is 1. The molecule has 0 saturated heterocycles. The highest BCUT2D eigenvalue weighted by atomic mass is 16.5. The molecular weight excluding hydrogens is 386 g/mol. The molecule has 30 heavy (non-hydrogen) atoms. The van der Waals surface area contributed by atoms with Gasteiger partial charge in [-0.25, -0.2) is 9.59 Å². The average Bonchev–Trinajstić information content (AvgIpc) is 2.75. The number of pyridine rings is 1. The van der Waals surface area contributed by atoms with Crippen molar-refractivity contribution >= 4 is 33.6 Å². The quantitative estimate of drug-likeness (QED) is 0.285. The number of ketones is 1. The fourth-order valence-corrected chi connectivity index (χ4v) is 3.19. The zero-order valence-corrected chi connectivity index (χ0v) is 16.3. The van der Waals surface area contributed by atoms with E-state index in [9.17, 15) is 14.4 Å². The van der Waals surface area contributed by atoms with Crippen LogP contribution in [-0.4, -0.2) is 30.5 Å². The molecule has 150 valence electrons. The monoisotopic (exact) mass is 403 g/mol. The molecule has 2 heterocycles. The van der Waals surface area contributed by atoms with Crippen molar-refractivity contribution in [2.45, 2.75) is 6.92 Å². The lowest BCUT2D eigenvalue weighted by atomic mass is 10.1. The van der Waals surface area contributed by atoms with Gasteiger partial charge in [0, 0.05) is 16.5 Å².